The smallest absolute Gasteiger partial charge is 0.189 e. The first-order valence-electron chi connectivity index (χ1n) is 2.40. The zero-order valence-corrected chi connectivity index (χ0v) is 6.67. The minimum Gasteiger partial charge on any atom is -0.870 e. The summed E-state index contributed by atoms with van der Waals surface area (Å²) in [6.45, 7) is 0. The van der Waals surface area contributed by atoms with Crippen LogP contribution in [0.1, 0.15) is 0 Å². The van der Waals surface area contributed by atoms with E-state index in [0.29, 0.717) is 0 Å². The Kier molecular flexibility index (Phi) is 13.9. The third kappa shape index (κ3) is 5.63. The Hall–Kier alpha value is -0.810. The maximum absolute atomic E-state index is 4.66. The Morgan fingerprint density at radius 3 is 1.82 bits per heavy atom. The molecule has 11 heavy (non-hydrogen) atoms. The summed E-state index contributed by atoms with van der Waals surface area (Å²) in [5, 5.41) is 0. The molecule has 0 spiro atoms. The topological polar surface area (TPSA) is 98.4 Å². The fourth-order valence-corrected chi connectivity index (χ4v) is 0.517. The highest BCUT2D eigenvalue weighted by atomic mass is 35.5. The van der Waals surface area contributed by atoms with Crippen LogP contribution in [0.3, 0.4) is 0 Å². The van der Waals surface area contributed by atoms with E-state index < -0.39 is 0 Å². The second-order valence-corrected chi connectivity index (χ2v) is 1.46. The van der Waals surface area contributed by atoms with Gasteiger partial charge >= 0.3 is 0 Å². The lowest BCUT2D eigenvalue weighted by molar-refractivity contribution is -0.635. The molecule has 0 aliphatic heterocycles. The standard InChI is InChI=1S/C6H8NO.ClH.2H2O/c7-8-6-4-2-1-3-5-6;;;/h1-5H,7H3;1H;2*1H2/q+1;;;/p-1. The van der Waals surface area contributed by atoms with Gasteiger partial charge in [0.2, 0.25) is 0 Å². The van der Waals surface area contributed by atoms with Crippen LogP contribution in [0.4, 0.5) is 0 Å². The first-order valence-corrected chi connectivity index (χ1v) is 2.40. The zero-order valence-electron chi connectivity index (χ0n) is 5.86. The average Bonchev–Trinajstić information content (AvgIpc) is 1.90. The number of hydrogen-bond acceptors (Lipinski definition) is 2. The van der Waals surface area contributed by atoms with Crippen molar-refractivity contribution in [2.75, 3.05) is 0 Å². The van der Waals surface area contributed by atoms with Gasteiger partial charge in [0.05, 0.1) is 0 Å². The van der Waals surface area contributed by atoms with E-state index in [0.717, 1.165) is 5.75 Å². The van der Waals surface area contributed by atoms with Crippen LogP contribution in [0, 0.1) is 0 Å². The molecule has 0 saturated carbocycles. The van der Waals surface area contributed by atoms with Crippen LogP contribution < -0.4 is 10.7 Å². The van der Waals surface area contributed by atoms with Crippen molar-refractivity contribution < 1.29 is 21.7 Å². The second-order valence-electron chi connectivity index (χ2n) is 1.46. The molecule has 1 aromatic rings. The van der Waals surface area contributed by atoms with Crippen molar-refractivity contribution in [3.05, 3.63) is 30.3 Å². The van der Waals surface area contributed by atoms with Crippen LogP contribution in [0.5, 0.6) is 5.75 Å². The SMILES string of the molecule is Cl.O.[NH3+]Oc1ccccc1.[OH-]. The molecule has 66 valence electrons. The van der Waals surface area contributed by atoms with E-state index in [-0.39, 0.29) is 23.4 Å². The van der Waals surface area contributed by atoms with Crippen molar-refractivity contribution >= 4 is 12.4 Å². The van der Waals surface area contributed by atoms with Gasteiger partial charge in [-0.2, -0.15) is 5.90 Å². The molecule has 0 amide bonds. The van der Waals surface area contributed by atoms with E-state index in [1.54, 1.807) is 0 Å². The minimum atomic E-state index is 0. The monoisotopic (exact) mass is 181 g/mol. The summed E-state index contributed by atoms with van der Waals surface area (Å²) >= 11 is 0. The first kappa shape index (κ1) is 16.6. The molecule has 1 aromatic carbocycles. The van der Waals surface area contributed by atoms with Crippen molar-refractivity contribution in [1.29, 1.82) is 0 Å². The molecule has 6 N–H and O–H groups in total. The second kappa shape index (κ2) is 9.19. The van der Waals surface area contributed by atoms with Crippen LogP contribution in [0.25, 0.3) is 0 Å². The van der Waals surface area contributed by atoms with E-state index in [4.69, 9.17) is 0 Å². The third-order valence-electron chi connectivity index (χ3n) is 0.910. The lowest BCUT2D eigenvalue weighted by atomic mass is 10.3. The number of quaternary nitrogens is 1. The molecule has 4 nitrogen and oxygen atoms in total. The molecule has 0 aliphatic carbocycles. The van der Waals surface area contributed by atoms with Gasteiger partial charge in [-0.3, -0.25) is 0 Å². The Bertz CT molecular complexity index is 159. The van der Waals surface area contributed by atoms with Crippen molar-refractivity contribution in [2.45, 2.75) is 0 Å². The van der Waals surface area contributed by atoms with E-state index in [2.05, 4.69) is 10.7 Å². The van der Waals surface area contributed by atoms with Gasteiger partial charge in [-0.25, -0.2) is 0 Å². The van der Waals surface area contributed by atoms with Crippen molar-refractivity contribution in [3.63, 3.8) is 0 Å². The molecule has 0 radical (unpaired) electrons. The normalized spacial score (nSPS) is 6.27. The van der Waals surface area contributed by atoms with Crippen molar-refractivity contribution in [2.24, 2.45) is 0 Å². The molecule has 5 heteroatoms. The number of para-hydroxylation sites is 1. The molecule has 1 rings (SSSR count). The van der Waals surface area contributed by atoms with Gasteiger partial charge in [-0.15, -0.1) is 12.4 Å². The van der Waals surface area contributed by atoms with Gasteiger partial charge in [0.1, 0.15) is 0 Å². The Balaban J connectivity index is -0.000000213. The fourth-order valence-electron chi connectivity index (χ4n) is 0.517. The molecule has 0 atom stereocenters. The summed E-state index contributed by atoms with van der Waals surface area (Å²) in [6.07, 6.45) is 0. The maximum atomic E-state index is 4.66. The van der Waals surface area contributed by atoms with Gasteiger partial charge in [0.15, 0.2) is 5.75 Å². The highest BCUT2D eigenvalue weighted by Crippen LogP contribution is 2.03. The molecule has 0 bridgehead atoms. The van der Waals surface area contributed by atoms with Gasteiger partial charge in [0.25, 0.3) is 0 Å². The summed E-state index contributed by atoms with van der Waals surface area (Å²) in [5.74, 6) is 4.05. The summed E-state index contributed by atoms with van der Waals surface area (Å²) in [6, 6.07) is 9.45. The lowest BCUT2D eigenvalue weighted by Crippen LogP contribution is -2.53. The van der Waals surface area contributed by atoms with Crippen LogP contribution >= 0.6 is 12.4 Å². The van der Waals surface area contributed by atoms with Gasteiger partial charge < -0.3 is 15.8 Å². The lowest BCUT2D eigenvalue weighted by Gasteiger charge is -1.88. The van der Waals surface area contributed by atoms with Crippen molar-refractivity contribution in [1.82, 2.24) is 0 Å². The third-order valence-corrected chi connectivity index (χ3v) is 0.910. The van der Waals surface area contributed by atoms with E-state index in [1.165, 1.54) is 0 Å². The molecule has 0 saturated heterocycles. The first-order chi connectivity index (χ1) is 3.93. The number of hydrogen-bond donors (Lipinski definition) is 1. The Morgan fingerprint density at radius 1 is 1.09 bits per heavy atom. The minimum absolute atomic E-state index is 0. The highest BCUT2D eigenvalue weighted by Gasteiger charge is 1.84. The Morgan fingerprint density at radius 2 is 1.55 bits per heavy atom. The fraction of sp³-hybridized carbons (Fsp3) is 0. The summed E-state index contributed by atoms with van der Waals surface area (Å²) in [5.41, 5.74) is 0. The molecule has 0 heterocycles. The predicted molar refractivity (Wildman–Crippen MR) is 42.8 cm³/mol. The van der Waals surface area contributed by atoms with Crippen LogP contribution in [0.2, 0.25) is 0 Å². The van der Waals surface area contributed by atoms with E-state index in [9.17, 15) is 0 Å². The zero-order chi connectivity index (χ0) is 5.82. The quantitative estimate of drug-likeness (QED) is 0.599. The summed E-state index contributed by atoms with van der Waals surface area (Å²) in [7, 11) is 0. The predicted octanol–water partition coefficient (Wildman–Crippen LogP) is -0.357. The number of halogens is 1. The Labute approximate surface area is 71.0 Å². The molecule has 0 fully saturated rings. The summed E-state index contributed by atoms with van der Waals surface area (Å²) in [4.78, 5) is 4.66. The maximum Gasteiger partial charge on any atom is 0.189 e. The summed E-state index contributed by atoms with van der Waals surface area (Å²) < 4.78 is 0. The highest BCUT2D eigenvalue weighted by molar-refractivity contribution is 5.85. The molecule has 0 aliphatic rings. The molecule has 0 aromatic heterocycles. The van der Waals surface area contributed by atoms with Gasteiger partial charge in [-0.1, -0.05) is 18.2 Å². The van der Waals surface area contributed by atoms with E-state index in [1.807, 2.05) is 30.3 Å². The largest absolute Gasteiger partial charge is 0.870 e. The van der Waals surface area contributed by atoms with E-state index >= 15 is 0 Å². The molecular weight excluding hydrogens is 170 g/mol. The van der Waals surface area contributed by atoms with Crippen LogP contribution in [-0.2, 0) is 0 Å². The average molecular weight is 182 g/mol. The number of benzene rings is 1. The molecule has 0 unspecified atom stereocenters. The molecular formula is C6H12ClNO3. The van der Waals surface area contributed by atoms with Gasteiger partial charge in [-0.05, 0) is 12.1 Å². The van der Waals surface area contributed by atoms with Gasteiger partial charge in [0, 0.05) is 0 Å². The van der Waals surface area contributed by atoms with Crippen LogP contribution in [0.15, 0.2) is 30.3 Å². The number of rotatable bonds is 1. The van der Waals surface area contributed by atoms with Crippen molar-refractivity contribution in [3.8, 4) is 5.75 Å². The van der Waals surface area contributed by atoms with Crippen LogP contribution in [-0.4, -0.2) is 11.0 Å².